The van der Waals surface area contributed by atoms with Crippen molar-refractivity contribution >= 4 is 81.6 Å². The van der Waals surface area contributed by atoms with Gasteiger partial charge >= 0.3 is 18.0 Å². The molecule has 3 rings (SSSR count). The van der Waals surface area contributed by atoms with E-state index in [2.05, 4.69) is 10.7 Å². The van der Waals surface area contributed by atoms with Crippen LogP contribution in [0.2, 0.25) is 0 Å². The summed E-state index contributed by atoms with van der Waals surface area (Å²) < 4.78 is 14.5. The number of alkyl halides is 3. The maximum atomic E-state index is 13.5. The predicted octanol–water partition coefficient (Wildman–Crippen LogP) is 6.68. The second-order valence-electron chi connectivity index (χ2n) is 15.3. The smallest absolute Gasteiger partial charge is 0.410 e. The number of amides is 3. The third-order valence-corrected chi connectivity index (χ3v) is 8.92. The Morgan fingerprint density at radius 3 is 2.30 bits per heavy atom. The summed E-state index contributed by atoms with van der Waals surface area (Å²) in [6.45, 7) is 15.5. The number of halogens is 3. The predicted molar refractivity (Wildman–Crippen MR) is 208 cm³/mol. The van der Waals surface area contributed by atoms with Crippen molar-refractivity contribution in [3.05, 3.63) is 47.7 Å². The summed E-state index contributed by atoms with van der Waals surface area (Å²) in [6.07, 6.45) is 2.72. The van der Waals surface area contributed by atoms with Crippen LogP contribution < -0.4 is 10.7 Å². The number of hydrazine groups is 1. The van der Waals surface area contributed by atoms with Crippen molar-refractivity contribution in [1.29, 1.82) is 0 Å². The number of nitrogens with one attached hydrogen (secondary N) is 2. The molecule has 4 atom stereocenters. The fraction of sp³-hybridized carbons (Fsp3) is 0.579. The largest absolute Gasteiger partial charge is 0.460 e. The Hall–Kier alpha value is -3.65. The van der Waals surface area contributed by atoms with Gasteiger partial charge in [0, 0.05) is 19.0 Å². The SMILES string of the molecule is CC(NC(=O)C(OC(=O)C(C)(C)/C=C/c1ccc2ccc(C(C)N(C)C(=O)OC(C)(C)C)nc2c1)C(C)C)C(=O)N1CCC[C@@H](C(=O)OCC(Cl)(Cl)Cl)N1. The van der Waals surface area contributed by atoms with E-state index in [1.807, 2.05) is 58.0 Å². The minimum atomic E-state index is -1.77. The number of benzene rings is 1. The number of carbonyl (C=O) groups excluding carboxylic acids is 5. The lowest BCUT2D eigenvalue weighted by atomic mass is 9.92. The highest BCUT2D eigenvalue weighted by atomic mass is 35.6. The molecule has 54 heavy (non-hydrogen) atoms. The maximum absolute atomic E-state index is 13.5. The number of hydrogen-bond acceptors (Lipinski definition) is 10. The number of nitrogens with zero attached hydrogens (tertiary/aromatic N) is 3. The van der Waals surface area contributed by atoms with Crippen LogP contribution in [0.15, 0.2) is 36.4 Å². The molecular formula is C38H52Cl3N5O8. The molecule has 2 N–H and O–H groups in total. The first-order valence-electron chi connectivity index (χ1n) is 17.8. The number of aromatic nitrogens is 1. The average molecular weight is 813 g/mol. The summed E-state index contributed by atoms with van der Waals surface area (Å²) in [5.74, 6) is -2.88. The average Bonchev–Trinajstić information content (AvgIpc) is 3.09. The van der Waals surface area contributed by atoms with E-state index in [1.165, 1.54) is 16.8 Å². The Morgan fingerprint density at radius 2 is 1.69 bits per heavy atom. The van der Waals surface area contributed by atoms with Crippen molar-refractivity contribution in [2.24, 2.45) is 11.3 Å². The van der Waals surface area contributed by atoms with E-state index in [0.717, 1.165) is 10.9 Å². The van der Waals surface area contributed by atoms with E-state index in [1.54, 1.807) is 46.9 Å². The van der Waals surface area contributed by atoms with Gasteiger partial charge in [0.15, 0.2) is 6.10 Å². The molecule has 1 aliphatic rings. The van der Waals surface area contributed by atoms with E-state index >= 15 is 0 Å². The second-order valence-corrected chi connectivity index (χ2v) is 17.9. The van der Waals surface area contributed by atoms with Gasteiger partial charge < -0.3 is 24.4 Å². The Labute approximate surface area is 332 Å². The van der Waals surface area contributed by atoms with Crippen LogP contribution >= 0.6 is 34.8 Å². The van der Waals surface area contributed by atoms with E-state index in [9.17, 15) is 24.0 Å². The Balaban J connectivity index is 1.65. The van der Waals surface area contributed by atoms with Crippen molar-refractivity contribution in [2.75, 3.05) is 20.2 Å². The normalized spacial score (nSPS) is 17.1. The molecule has 1 fully saturated rings. The minimum Gasteiger partial charge on any atom is -0.460 e. The molecule has 1 aromatic heterocycles. The molecule has 0 radical (unpaired) electrons. The summed E-state index contributed by atoms with van der Waals surface area (Å²) >= 11 is 17.0. The Morgan fingerprint density at radius 1 is 1.04 bits per heavy atom. The standard InChI is InChI=1S/C38H52Cl3N5O8/c1-22(2)30(31(47)42-23(3)32(48)46-19-11-12-28(44-46)33(49)52-21-38(39,40)41)53-34(50)37(8,9)18-17-25-13-14-26-15-16-27(43-29(26)20-25)24(4)45(10)35(51)54-36(5,6)7/h13-18,20,22-24,28,30,44H,11-12,19,21H2,1-10H3,(H,42,47)/b18-17+/t23?,24?,28-,30?/m0/s1. The summed E-state index contributed by atoms with van der Waals surface area (Å²) in [5, 5.41) is 4.79. The first-order valence-corrected chi connectivity index (χ1v) is 18.9. The van der Waals surface area contributed by atoms with Gasteiger partial charge in [-0.25, -0.2) is 10.2 Å². The number of ether oxygens (including phenoxy) is 3. The zero-order chi connectivity index (χ0) is 40.8. The van der Waals surface area contributed by atoms with Gasteiger partial charge in [0.25, 0.3) is 11.8 Å². The molecule has 0 saturated carbocycles. The molecule has 13 nitrogen and oxygen atoms in total. The zero-order valence-corrected chi connectivity index (χ0v) is 34.8. The number of rotatable bonds is 12. The van der Waals surface area contributed by atoms with Crippen molar-refractivity contribution in [3.8, 4) is 0 Å². The van der Waals surface area contributed by atoms with Crippen molar-refractivity contribution in [2.45, 2.75) is 109 Å². The molecule has 0 aliphatic carbocycles. The van der Waals surface area contributed by atoms with Crippen LogP contribution in [0.3, 0.4) is 0 Å². The maximum Gasteiger partial charge on any atom is 0.410 e. The lowest BCUT2D eigenvalue weighted by molar-refractivity contribution is -0.165. The van der Waals surface area contributed by atoms with Gasteiger partial charge in [0.05, 0.1) is 22.7 Å². The van der Waals surface area contributed by atoms with E-state index < -0.39 is 75.4 Å². The molecule has 298 valence electrons. The molecule has 2 aromatic rings. The van der Waals surface area contributed by atoms with E-state index in [-0.39, 0.29) is 12.6 Å². The van der Waals surface area contributed by atoms with Gasteiger partial charge in [-0.1, -0.05) is 79.0 Å². The van der Waals surface area contributed by atoms with Gasteiger partial charge in [-0.15, -0.1) is 0 Å². The first-order chi connectivity index (χ1) is 24.9. The molecule has 1 saturated heterocycles. The number of fused-ring (bicyclic) bond motifs is 1. The van der Waals surface area contributed by atoms with E-state index in [0.29, 0.717) is 24.1 Å². The fourth-order valence-electron chi connectivity index (χ4n) is 5.27. The van der Waals surface area contributed by atoms with Crippen LogP contribution in [-0.2, 0) is 33.4 Å². The molecule has 2 heterocycles. The summed E-state index contributed by atoms with van der Waals surface area (Å²) in [7, 11) is 1.67. The van der Waals surface area contributed by atoms with Gasteiger partial charge in [0.2, 0.25) is 3.79 Å². The first kappa shape index (κ1) is 44.7. The molecule has 3 unspecified atom stereocenters. The van der Waals surface area contributed by atoms with Gasteiger partial charge in [-0.05, 0) is 84.9 Å². The third kappa shape index (κ3) is 13.0. The van der Waals surface area contributed by atoms with Gasteiger partial charge in [-0.3, -0.25) is 29.2 Å². The molecule has 0 spiro atoms. The van der Waals surface area contributed by atoms with Gasteiger partial charge in [-0.2, -0.15) is 0 Å². The number of pyridine rings is 1. The van der Waals surface area contributed by atoms with Gasteiger partial charge in [0.1, 0.15) is 24.3 Å². The highest BCUT2D eigenvalue weighted by Gasteiger charge is 2.37. The second kappa shape index (κ2) is 18.3. The van der Waals surface area contributed by atoms with E-state index in [4.69, 9.17) is 54.0 Å². The zero-order valence-electron chi connectivity index (χ0n) is 32.5. The summed E-state index contributed by atoms with van der Waals surface area (Å²) in [4.78, 5) is 71.5. The summed E-state index contributed by atoms with van der Waals surface area (Å²) in [5.41, 5.74) is 3.22. The minimum absolute atomic E-state index is 0.287. The summed E-state index contributed by atoms with van der Waals surface area (Å²) in [6, 6.07) is 7.29. The van der Waals surface area contributed by atoms with Crippen LogP contribution in [-0.4, -0.2) is 92.5 Å². The lowest BCUT2D eigenvalue weighted by Gasteiger charge is -2.34. The molecule has 16 heteroatoms. The number of carbonyl (C=O) groups is 5. The van der Waals surface area contributed by atoms with Crippen molar-refractivity contribution in [3.63, 3.8) is 0 Å². The molecule has 1 aliphatic heterocycles. The third-order valence-electron chi connectivity index (χ3n) is 8.59. The molecule has 3 amide bonds. The highest BCUT2D eigenvalue weighted by Crippen LogP contribution is 2.28. The van der Waals surface area contributed by atoms with Crippen LogP contribution in [0.25, 0.3) is 17.0 Å². The lowest BCUT2D eigenvalue weighted by Crippen LogP contribution is -2.60. The quantitative estimate of drug-likeness (QED) is 0.135. The number of esters is 2. The molecular weight excluding hydrogens is 761 g/mol. The fourth-order valence-corrected chi connectivity index (χ4v) is 5.43. The highest BCUT2D eigenvalue weighted by molar-refractivity contribution is 6.67. The van der Waals surface area contributed by atoms with Crippen LogP contribution in [0.5, 0.6) is 0 Å². The van der Waals surface area contributed by atoms with Crippen LogP contribution in [0.1, 0.15) is 92.5 Å². The Bertz CT molecular complexity index is 1720. The number of hydrogen-bond donors (Lipinski definition) is 2. The molecule has 1 aromatic carbocycles. The van der Waals surface area contributed by atoms with Crippen molar-refractivity contribution in [1.82, 2.24) is 25.6 Å². The van der Waals surface area contributed by atoms with Crippen LogP contribution in [0.4, 0.5) is 4.79 Å². The Kier molecular flexibility index (Phi) is 15.2. The topological polar surface area (TPSA) is 156 Å². The van der Waals surface area contributed by atoms with Crippen molar-refractivity contribution < 1.29 is 38.2 Å². The molecule has 0 bridgehead atoms. The van der Waals surface area contributed by atoms with Crippen LogP contribution in [0, 0.1) is 11.3 Å². The monoisotopic (exact) mass is 811 g/mol.